The molecule has 0 aliphatic heterocycles. The van der Waals surface area contributed by atoms with Gasteiger partial charge in [-0.1, -0.05) is 24.3 Å². The molecule has 1 saturated carbocycles. The highest BCUT2D eigenvalue weighted by molar-refractivity contribution is 14.0. The lowest BCUT2D eigenvalue weighted by atomic mass is 10.1. The van der Waals surface area contributed by atoms with Crippen LogP contribution in [0.15, 0.2) is 29.3 Å². The Morgan fingerprint density at radius 2 is 2.08 bits per heavy atom. The Kier molecular flexibility index (Phi) is 11.6. The van der Waals surface area contributed by atoms with E-state index in [0.29, 0.717) is 19.2 Å². The van der Waals surface area contributed by atoms with Crippen LogP contribution in [0.25, 0.3) is 0 Å². The molecule has 26 heavy (non-hydrogen) atoms. The molecular weight excluding hydrogens is 457 g/mol. The monoisotopic (exact) mass is 491 g/mol. The Labute approximate surface area is 180 Å². The number of rotatable bonds is 8. The minimum Gasteiger partial charge on any atom is -0.374 e. The molecule has 1 aliphatic carbocycles. The lowest BCUT2D eigenvalue weighted by Crippen LogP contribution is -2.42. The molecule has 148 valence electrons. The van der Waals surface area contributed by atoms with Gasteiger partial charge in [0.2, 0.25) is 0 Å². The fourth-order valence-corrected chi connectivity index (χ4v) is 3.85. The maximum Gasteiger partial charge on any atom is 0.191 e. The van der Waals surface area contributed by atoms with Crippen molar-refractivity contribution in [1.82, 2.24) is 10.6 Å². The van der Waals surface area contributed by atoms with E-state index in [1.807, 2.05) is 11.8 Å². The number of nitrogens with one attached hydrogen (secondary N) is 2. The average molecular weight is 491 g/mol. The van der Waals surface area contributed by atoms with Crippen molar-refractivity contribution in [3.05, 3.63) is 35.4 Å². The molecule has 0 aromatic heterocycles. The minimum absolute atomic E-state index is 0. The molecule has 6 heteroatoms. The number of thioether (sulfide) groups is 1. The minimum atomic E-state index is 0. The van der Waals surface area contributed by atoms with Gasteiger partial charge in [0.25, 0.3) is 0 Å². The molecule has 0 heterocycles. The maximum atomic E-state index is 5.69. The van der Waals surface area contributed by atoms with E-state index in [1.54, 1.807) is 0 Å². The first-order valence-corrected chi connectivity index (χ1v) is 10.7. The van der Waals surface area contributed by atoms with Crippen LogP contribution in [0.3, 0.4) is 0 Å². The Balaban J connectivity index is 0.00000338. The largest absolute Gasteiger partial charge is 0.374 e. The summed E-state index contributed by atoms with van der Waals surface area (Å²) in [5, 5.41) is 7.77. The van der Waals surface area contributed by atoms with Gasteiger partial charge in [-0.15, -0.1) is 24.0 Å². The van der Waals surface area contributed by atoms with Crippen molar-refractivity contribution in [2.75, 3.05) is 12.8 Å². The van der Waals surface area contributed by atoms with Gasteiger partial charge in [0.15, 0.2) is 5.96 Å². The van der Waals surface area contributed by atoms with Gasteiger partial charge in [-0.2, -0.15) is 11.8 Å². The van der Waals surface area contributed by atoms with E-state index in [-0.39, 0.29) is 30.1 Å². The summed E-state index contributed by atoms with van der Waals surface area (Å²) in [4.78, 5) is 4.78. The van der Waals surface area contributed by atoms with Crippen LogP contribution in [0.1, 0.15) is 51.2 Å². The molecule has 1 fully saturated rings. The summed E-state index contributed by atoms with van der Waals surface area (Å²) in [6, 6.07) is 9.06. The molecule has 0 saturated heterocycles. The first-order valence-electron chi connectivity index (χ1n) is 9.37. The molecule has 2 unspecified atom stereocenters. The Morgan fingerprint density at radius 1 is 1.31 bits per heavy atom. The molecule has 0 spiro atoms. The number of ether oxygens (including phenoxy) is 1. The van der Waals surface area contributed by atoms with Crippen molar-refractivity contribution >= 4 is 41.7 Å². The molecule has 2 atom stereocenters. The average Bonchev–Trinajstić information content (AvgIpc) is 3.06. The highest BCUT2D eigenvalue weighted by Gasteiger charge is 2.24. The van der Waals surface area contributed by atoms with E-state index in [4.69, 9.17) is 9.73 Å². The third-order valence-electron chi connectivity index (χ3n) is 4.40. The highest BCUT2D eigenvalue weighted by Crippen LogP contribution is 2.28. The van der Waals surface area contributed by atoms with Crippen molar-refractivity contribution in [2.45, 2.75) is 70.6 Å². The third-order valence-corrected chi connectivity index (χ3v) is 5.49. The van der Waals surface area contributed by atoms with Crippen LogP contribution in [0, 0.1) is 0 Å². The summed E-state index contributed by atoms with van der Waals surface area (Å²) < 4.78 is 5.69. The second-order valence-electron chi connectivity index (χ2n) is 6.89. The van der Waals surface area contributed by atoms with Gasteiger partial charge >= 0.3 is 0 Å². The fourth-order valence-electron chi connectivity index (χ4n) is 3.05. The molecule has 1 aliphatic rings. The number of hydrogen-bond acceptors (Lipinski definition) is 3. The molecule has 1 aromatic carbocycles. The summed E-state index contributed by atoms with van der Waals surface area (Å²) in [6.07, 6.45) is 6.23. The zero-order valence-corrected chi connectivity index (χ0v) is 19.6. The summed E-state index contributed by atoms with van der Waals surface area (Å²) in [6.45, 7) is 8.46. The van der Waals surface area contributed by atoms with Crippen molar-refractivity contribution in [3.63, 3.8) is 0 Å². The molecule has 2 N–H and O–H groups in total. The van der Waals surface area contributed by atoms with E-state index < -0.39 is 0 Å². The second-order valence-corrected chi connectivity index (χ2v) is 8.02. The van der Waals surface area contributed by atoms with Gasteiger partial charge in [0, 0.05) is 17.8 Å². The van der Waals surface area contributed by atoms with E-state index in [0.717, 1.165) is 17.8 Å². The molecule has 2 rings (SSSR count). The zero-order valence-electron chi connectivity index (χ0n) is 16.5. The lowest BCUT2D eigenvalue weighted by molar-refractivity contribution is 0.0657. The molecule has 1 aromatic rings. The van der Waals surface area contributed by atoms with E-state index in [1.165, 1.54) is 30.4 Å². The molecule has 0 amide bonds. The second kappa shape index (κ2) is 12.8. The fraction of sp³-hybridized carbons (Fsp3) is 0.650. The van der Waals surface area contributed by atoms with Gasteiger partial charge < -0.3 is 15.4 Å². The summed E-state index contributed by atoms with van der Waals surface area (Å²) in [5.41, 5.74) is 2.42. The SMILES string of the molecule is CCNC(=NCc1cccc(COC(C)C)c1)NC1CCC(SC)C1.I. The number of aliphatic imine (C=N–C) groups is 1. The van der Waals surface area contributed by atoms with Crippen LogP contribution in [-0.2, 0) is 17.9 Å². The van der Waals surface area contributed by atoms with Crippen molar-refractivity contribution in [3.8, 4) is 0 Å². The van der Waals surface area contributed by atoms with Crippen molar-refractivity contribution in [2.24, 2.45) is 4.99 Å². The van der Waals surface area contributed by atoms with E-state index in [9.17, 15) is 0 Å². The molecule has 0 bridgehead atoms. The molecular formula is C20H34IN3OS. The number of nitrogens with zero attached hydrogens (tertiary/aromatic N) is 1. The summed E-state index contributed by atoms with van der Waals surface area (Å²) in [5.74, 6) is 0.929. The van der Waals surface area contributed by atoms with Crippen LogP contribution in [-0.4, -0.2) is 36.2 Å². The van der Waals surface area contributed by atoms with Crippen LogP contribution < -0.4 is 10.6 Å². The summed E-state index contributed by atoms with van der Waals surface area (Å²) in [7, 11) is 0. The smallest absolute Gasteiger partial charge is 0.191 e. The standard InChI is InChI=1S/C20H33N3OS.HI/c1-5-21-20(23-18-9-10-19(12-18)25-4)22-13-16-7-6-8-17(11-16)14-24-15(2)3;/h6-8,11,15,18-19H,5,9-10,12-14H2,1-4H3,(H2,21,22,23);1H. The number of halogens is 1. The maximum absolute atomic E-state index is 5.69. The van der Waals surface area contributed by atoms with Crippen LogP contribution >= 0.6 is 35.7 Å². The predicted octanol–water partition coefficient (Wildman–Crippen LogP) is 4.57. The van der Waals surface area contributed by atoms with Crippen LogP contribution in [0.2, 0.25) is 0 Å². The first kappa shape index (κ1) is 23.6. The highest BCUT2D eigenvalue weighted by atomic mass is 127. The van der Waals surface area contributed by atoms with Crippen molar-refractivity contribution < 1.29 is 4.74 Å². The summed E-state index contributed by atoms with van der Waals surface area (Å²) >= 11 is 1.98. The van der Waals surface area contributed by atoms with E-state index >= 15 is 0 Å². The van der Waals surface area contributed by atoms with E-state index in [2.05, 4.69) is 61.9 Å². The third kappa shape index (κ3) is 8.48. The topological polar surface area (TPSA) is 45.7 Å². The Hall–Kier alpha value is -0.470. The molecule has 4 nitrogen and oxygen atoms in total. The zero-order chi connectivity index (χ0) is 18.1. The normalized spacial score (nSPS) is 20.1. The number of benzene rings is 1. The van der Waals surface area contributed by atoms with Gasteiger partial charge in [0.1, 0.15) is 0 Å². The van der Waals surface area contributed by atoms with Crippen LogP contribution in [0.5, 0.6) is 0 Å². The van der Waals surface area contributed by atoms with Gasteiger partial charge in [-0.25, -0.2) is 4.99 Å². The number of guanidine groups is 1. The van der Waals surface area contributed by atoms with Gasteiger partial charge in [-0.3, -0.25) is 0 Å². The predicted molar refractivity (Wildman–Crippen MR) is 125 cm³/mol. The van der Waals surface area contributed by atoms with Crippen LogP contribution in [0.4, 0.5) is 0 Å². The van der Waals surface area contributed by atoms with Gasteiger partial charge in [0.05, 0.1) is 19.3 Å². The Morgan fingerprint density at radius 3 is 2.73 bits per heavy atom. The van der Waals surface area contributed by atoms with Crippen molar-refractivity contribution in [1.29, 1.82) is 0 Å². The quantitative estimate of drug-likeness (QED) is 0.318. The van der Waals surface area contributed by atoms with Gasteiger partial charge in [-0.05, 0) is 57.4 Å². The lowest BCUT2D eigenvalue weighted by Gasteiger charge is -2.17. The Bertz CT molecular complexity index is 554. The molecule has 0 radical (unpaired) electrons. The number of hydrogen-bond donors (Lipinski definition) is 2. The first-order chi connectivity index (χ1) is 12.1.